The highest BCUT2D eigenvalue weighted by Crippen LogP contribution is 2.31. The molecular formula is C13H14O9. The number of hydrogen-bond donors (Lipinski definition) is 3. The lowest BCUT2D eigenvalue weighted by Gasteiger charge is -2.23. The molecule has 0 aliphatic carbocycles. The first kappa shape index (κ1) is 17.6. The zero-order valence-electron chi connectivity index (χ0n) is 11.9. The Morgan fingerprint density at radius 3 is 1.77 bits per heavy atom. The van der Waals surface area contributed by atoms with Crippen molar-refractivity contribution in [1.82, 2.24) is 0 Å². The van der Waals surface area contributed by atoms with Crippen LogP contribution in [0.15, 0.2) is 12.1 Å². The first-order valence-corrected chi connectivity index (χ1v) is 5.93. The summed E-state index contributed by atoms with van der Waals surface area (Å²) in [5.41, 5.74) is -1.88. The summed E-state index contributed by atoms with van der Waals surface area (Å²) in [6.07, 6.45) is 0. The number of hydrogen-bond acceptors (Lipinski definition) is 9. The highest BCUT2D eigenvalue weighted by atomic mass is 17.1. The third-order valence-corrected chi connectivity index (χ3v) is 2.85. The van der Waals surface area contributed by atoms with E-state index in [0.717, 1.165) is 6.07 Å². The van der Waals surface area contributed by atoms with Crippen molar-refractivity contribution in [2.75, 3.05) is 0 Å². The summed E-state index contributed by atoms with van der Waals surface area (Å²) < 4.78 is 0. The van der Waals surface area contributed by atoms with E-state index < -0.39 is 34.4 Å². The van der Waals surface area contributed by atoms with Gasteiger partial charge >= 0.3 is 17.9 Å². The molecule has 9 nitrogen and oxygen atoms in total. The zero-order valence-corrected chi connectivity index (χ0v) is 11.9. The third kappa shape index (κ3) is 3.39. The minimum absolute atomic E-state index is 0.120. The first-order chi connectivity index (χ1) is 10.2. The Morgan fingerprint density at radius 1 is 0.864 bits per heavy atom. The fourth-order valence-corrected chi connectivity index (χ4v) is 1.88. The van der Waals surface area contributed by atoms with Crippen LogP contribution in [0.2, 0.25) is 0 Å². The van der Waals surface area contributed by atoms with E-state index in [1.165, 1.54) is 6.07 Å². The minimum Gasteiger partial charge on any atom is -0.296 e. The second-order valence-electron chi connectivity index (χ2n) is 5.33. The van der Waals surface area contributed by atoms with Crippen molar-refractivity contribution in [3.05, 3.63) is 34.4 Å². The average molecular weight is 314 g/mol. The molecule has 0 atom stereocenters. The molecule has 0 amide bonds. The lowest BCUT2D eigenvalue weighted by Crippen LogP contribution is -2.23. The molecule has 0 fully saturated rings. The Hall–Kier alpha value is -2.49. The topological polar surface area (TPSA) is 140 Å². The van der Waals surface area contributed by atoms with Crippen LogP contribution in [-0.2, 0) is 20.1 Å². The van der Waals surface area contributed by atoms with E-state index in [4.69, 9.17) is 15.8 Å². The van der Waals surface area contributed by atoms with E-state index in [-0.39, 0.29) is 11.1 Å². The van der Waals surface area contributed by atoms with Crippen LogP contribution >= 0.6 is 0 Å². The third-order valence-electron chi connectivity index (χ3n) is 2.85. The molecule has 0 aromatic heterocycles. The van der Waals surface area contributed by atoms with Gasteiger partial charge in [-0.3, -0.25) is 14.7 Å². The van der Waals surface area contributed by atoms with E-state index in [1.54, 1.807) is 20.8 Å². The molecule has 0 saturated heterocycles. The molecule has 0 unspecified atom stereocenters. The Bertz CT molecular complexity index is 613. The predicted molar refractivity (Wildman–Crippen MR) is 69.3 cm³/mol. The van der Waals surface area contributed by atoms with Crippen LogP contribution in [-0.4, -0.2) is 33.7 Å². The maximum absolute atomic E-state index is 11.7. The summed E-state index contributed by atoms with van der Waals surface area (Å²) in [6.45, 7) is 4.95. The molecule has 0 aliphatic heterocycles. The van der Waals surface area contributed by atoms with E-state index in [9.17, 15) is 14.4 Å². The van der Waals surface area contributed by atoms with Crippen molar-refractivity contribution in [2.24, 2.45) is 0 Å². The number of benzene rings is 1. The van der Waals surface area contributed by atoms with Gasteiger partial charge in [-0.25, -0.2) is 14.4 Å². The van der Waals surface area contributed by atoms with Gasteiger partial charge in [-0.15, -0.1) is 0 Å². The molecule has 0 heterocycles. The molecule has 0 bridgehead atoms. The smallest absolute Gasteiger partial charge is 0.296 e. The molecule has 0 spiro atoms. The van der Waals surface area contributed by atoms with Crippen LogP contribution in [0.4, 0.5) is 0 Å². The van der Waals surface area contributed by atoms with Gasteiger partial charge in [0.25, 0.3) is 0 Å². The summed E-state index contributed by atoms with van der Waals surface area (Å²) in [6, 6.07) is 2.03. The maximum atomic E-state index is 11.7. The van der Waals surface area contributed by atoms with Crippen LogP contribution < -0.4 is 0 Å². The van der Waals surface area contributed by atoms with E-state index >= 15 is 0 Å². The Morgan fingerprint density at radius 2 is 1.36 bits per heavy atom. The van der Waals surface area contributed by atoms with Crippen LogP contribution in [0.5, 0.6) is 0 Å². The maximum Gasteiger partial charge on any atom is 0.373 e. The summed E-state index contributed by atoms with van der Waals surface area (Å²) in [4.78, 5) is 45.6. The van der Waals surface area contributed by atoms with Gasteiger partial charge in [-0.1, -0.05) is 20.8 Å². The second-order valence-corrected chi connectivity index (χ2v) is 5.33. The van der Waals surface area contributed by atoms with E-state index in [2.05, 4.69) is 14.7 Å². The largest absolute Gasteiger partial charge is 0.373 e. The fraction of sp³-hybridized carbons (Fsp3) is 0.308. The average Bonchev–Trinajstić information content (AvgIpc) is 2.50. The number of carbonyl (C=O) groups is 3. The van der Waals surface area contributed by atoms with Crippen molar-refractivity contribution in [3.63, 3.8) is 0 Å². The van der Waals surface area contributed by atoms with Crippen molar-refractivity contribution < 1.29 is 44.8 Å². The predicted octanol–water partition coefficient (Wildman–Crippen LogP) is 1.87. The van der Waals surface area contributed by atoms with Gasteiger partial charge in [-0.2, -0.15) is 15.8 Å². The zero-order chi connectivity index (χ0) is 17.1. The highest BCUT2D eigenvalue weighted by molar-refractivity contribution is 6.06. The van der Waals surface area contributed by atoms with Crippen LogP contribution in [0, 0.1) is 0 Å². The quantitative estimate of drug-likeness (QED) is 0.433. The molecule has 22 heavy (non-hydrogen) atoms. The van der Waals surface area contributed by atoms with Gasteiger partial charge in [-0.05, 0) is 23.1 Å². The van der Waals surface area contributed by atoms with Crippen molar-refractivity contribution in [3.8, 4) is 0 Å². The molecule has 3 N–H and O–H groups in total. The second kappa shape index (κ2) is 6.52. The highest BCUT2D eigenvalue weighted by Gasteiger charge is 2.31. The SMILES string of the molecule is CC(C)(C)c1cc(C(=O)OO)cc(C(=O)OO)c1C(=O)OO. The summed E-state index contributed by atoms with van der Waals surface area (Å²) in [5, 5.41) is 25.6. The van der Waals surface area contributed by atoms with E-state index in [1.807, 2.05) is 0 Å². The standard InChI is InChI=1S/C13H14O9/c1-13(2,3)8-5-6(10(14)20-17)4-7(11(15)21-18)9(8)12(16)22-19/h4-5,17-19H,1-3H3. The van der Waals surface area contributed by atoms with Gasteiger partial charge in [0.15, 0.2) is 0 Å². The van der Waals surface area contributed by atoms with Crippen LogP contribution in [0.3, 0.4) is 0 Å². The van der Waals surface area contributed by atoms with Gasteiger partial charge in [0, 0.05) is 0 Å². The van der Waals surface area contributed by atoms with Crippen molar-refractivity contribution >= 4 is 17.9 Å². The van der Waals surface area contributed by atoms with Crippen LogP contribution in [0.25, 0.3) is 0 Å². The molecule has 120 valence electrons. The van der Waals surface area contributed by atoms with Crippen molar-refractivity contribution in [2.45, 2.75) is 26.2 Å². The molecular weight excluding hydrogens is 300 g/mol. The summed E-state index contributed by atoms with van der Waals surface area (Å²) in [5.74, 6) is -3.84. The monoisotopic (exact) mass is 314 g/mol. The molecule has 1 rings (SSSR count). The van der Waals surface area contributed by atoms with Gasteiger partial charge in [0.2, 0.25) is 0 Å². The number of carbonyl (C=O) groups excluding carboxylic acids is 3. The normalized spacial score (nSPS) is 10.8. The lowest BCUT2D eigenvalue weighted by molar-refractivity contribution is -0.185. The summed E-state index contributed by atoms with van der Waals surface area (Å²) in [7, 11) is 0. The summed E-state index contributed by atoms with van der Waals surface area (Å²) >= 11 is 0. The molecule has 1 aromatic carbocycles. The lowest BCUT2D eigenvalue weighted by atomic mass is 9.81. The molecule has 0 radical (unpaired) electrons. The molecule has 0 saturated carbocycles. The first-order valence-electron chi connectivity index (χ1n) is 5.93. The molecule has 0 aliphatic rings. The van der Waals surface area contributed by atoms with Gasteiger partial charge < -0.3 is 0 Å². The fourth-order valence-electron chi connectivity index (χ4n) is 1.88. The van der Waals surface area contributed by atoms with Crippen LogP contribution in [0.1, 0.15) is 57.4 Å². The van der Waals surface area contributed by atoms with Crippen molar-refractivity contribution in [1.29, 1.82) is 0 Å². The molecule has 9 heteroatoms. The Kier molecular flexibility index (Phi) is 5.20. The van der Waals surface area contributed by atoms with Gasteiger partial charge in [0.05, 0.1) is 16.7 Å². The van der Waals surface area contributed by atoms with E-state index in [0.29, 0.717) is 0 Å². The Labute approximate surface area is 124 Å². The minimum atomic E-state index is -1.36. The Balaban J connectivity index is 3.81. The van der Waals surface area contributed by atoms with Gasteiger partial charge in [0.1, 0.15) is 0 Å². The molecule has 1 aromatic rings. The number of rotatable bonds is 3.